The molecule has 1 saturated heterocycles. The molecule has 1 N–H and O–H groups in total. The lowest BCUT2D eigenvalue weighted by Crippen LogP contribution is -2.44. The van der Waals surface area contributed by atoms with Crippen molar-refractivity contribution in [1.29, 1.82) is 0 Å². The zero-order valence-electron chi connectivity index (χ0n) is 16.8. The first-order chi connectivity index (χ1) is 14.0. The van der Waals surface area contributed by atoms with Crippen molar-refractivity contribution in [1.82, 2.24) is 4.90 Å². The molecule has 2 bridgehead atoms. The van der Waals surface area contributed by atoms with Crippen LogP contribution in [0.4, 0.5) is 10.5 Å². The summed E-state index contributed by atoms with van der Waals surface area (Å²) in [6, 6.07) is 14.2. The van der Waals surface area contributed by atoms with Gasteiger partial charge in [0.2, 0.25) is 0 Å². The van der Waals surface area contributed by atoms with Crippen LogP contribution in [0.2, 0.25) is 10.0 Å². The highest BCUT2D eigenvalue weighted by Gasteiger charge is 2.42. The number of nitrogens with zero attached hydrogens (tertiary/aromatic N) is 1. The van der Waals surface area contributed by atoms with Gasteiger partial charge in [-0.25, -0.2) is 4.79 Å². The maximum atomic E-state index is 12.8. The number of likely N-dealkylation sites (tertiary alicyclic amines) is 1. The summed E-state index contributed by atoms with van der Waals surface area (Å²) in [6.07, 6.45) is 6.21. The van der Waals surface area contributed by atoms with E-state index in [1.54, 1.807) is 0 Å². The van der Waals surface area contributed by atoms with Gasteiger partial charge in [0.25, 0.3) is 0 Å². The standard InChI is InChI=1S/C24H28Cl2N2O/c1-2-16-12-22(25)21(23(26)13-16)9-8-17-14-20-15-18(17)10-11-28(20)24(29)27-19-6-4-3-5-7-19/h3-7,12-13,17-18,20H,2,8-11,14-15H2,1H3,(H,27,29). The number of carbonyl (C=O) groups excluding carboxylic acids is 1. The van der Waals surface area contributed by atoms with Crippen molar-refractivity contribution in [2.75, 3.05) is 11.9 Å². The quantitative estimate of drug-likeness (QED) is 0.554. The number of nitrogens with one attached hydrogen (secondary N) is 1. The lowest BCUT2D eigenvalue weighted by atomic mass is 9.87. The van der Waals surface area contributed by atoms with E-state index in [2.05, 4.69) is 12.2 Å². The fraction of sp³-hybridized carbons (Fsp3) is 0.458. The summed E-state index contributed by atoms with van der Waals surface area (Å²) in [5, 5.41) is 4.63. The van der Waals surface area contributed by atoms with Crippen molar-refractivity contribution < 1.29 is 4.79 Å². The van der Waals surface area contributed by atoms with Crippen LogP contribution in [0.3, 0.4) is 0 Å². The number of hydrogen-bond acceptors (Lipinski definition) is 1. The largest absolute Gasteiger partial charge is 0.322 e. The van der Waals surface area contributed by atoms with Crippen LogP contribution >= 0.6 is 23.2 Å². The minimum absolute atomic E-state index is 0.0292. The Morgan fingerprint density at radius 3 is 2.55 bits per heavy atom. The molecule has 2 fully saturated rings. The second-order valence-electron chi connectivity index (χ2n) is 8.35. The van der Waals surface area contributed by atoms with Gasteiger partial charge in [-0.3, -0.25) is 0 Å². The molecule has 1 saturated carbocycles. The van der Waals surface area contributed by atoms with Crippen LogP contribution < -0.4 is 5.32 Å². The molecular weight excluding hydrogens is 403 g/mol. The van der Waals surface area contributed by atoms with E-state index in [1.165, 1.54) is 5.56 Å². The maximum absolute atomic E-state index is 12.8. The predicted octanol–water partition coefficient (Wildman–Crippen LogP) is 6.82. The van der Waals surface area contributed by atoms with Crippen LogP contribution in [0.15, 0.2) is 42.5 Å². The summed E-state index contributed by atoms with van der Waals surface area (Å²) in [5.74, 6) is 1.33. The van der Waals surface area contributed by atoms with Crippen molar-refractivity contribution >= 4 is 34.9 Å². The molecule has 0 aromatic heterocycles. The number of piperidine rings is 1. The molecule has 3 nitrogen and oxygen atoms in total. The molecule has 154 valence electrons. The monoisotopic (exact) mass is 430 g/mol. The van der Waals surface area contributed by atoms with E-state index >= 15 is 0 Å². The molecule has 2 aromatic rings. The third-order valence-electron chi connectivity index (χ3n) is 6.66. The molecule has 1 aliphatic heterocycles. The van der Waals surface area contributed by atoms with Crippen molar-refractivity contribution in [2.24, 2.45) is 11.8 Å². The highest BCUT2D eigenvalue weighted by atomic mass is 35.5. The molecule has 5 heteroatoms. The fourth-order valence-electron chi connectivity index (χ4n) is 5.04. The number of amides is 2. The van der Waals surface area contributed by atoms with Crippen molar-refractivity contribution in [3.05, 3.63) is 63.6 Å². The number of benzene rings is 2. The van der Waals surface area contributed by atoms with Gasteiger partial charge in [0.05, 0.1) is 0 Å². The molecule has 1 aliphatic carbocycles. The van der Waals surface area contributed by atoms with Crippen LogP contribution in [0.25, 0.3) is 0 Å². The molecule has 29 heavy (non-hydrogen) atoms. The van der Waals surface area contributed by atoms with Crippen molar-refractivity contribution in [3.63, 3.8) is 0 Å². The van der Waals surface area contributed by atoms with E-state index in [1.807, 2.05) is 47.4 Å². The van der Waals surface area contributed by atoms with Crippen LogP contribution in [0, 0.1) is 11.8 Å². The first kappa shape index (κ1) is 20.6. The summed E-state index contributed by atoms with van der Waals surface area (Å²) >= 11 is 13.0. The molecule has 4 rings (SSSR count). The average molecular weight is 431 g/mol. The minimum Gasteiger partial charge on any atom is -0.322 e. The third-order valence-corrected chi connectivity index (χ3v) is 7.33. The molecule has 3 unspecified atom stereocenters. The van der Waals surface area contributed by atoms with Crippen molar-refractivity contribution in [3.8, 4) is 0 Å². The number of fused-ring (bicyclic) bond motifs is 2. The summed E-state index contributed by atoms with van der Waals surface area (Å²) in [7, 11) is 0. The molecule has 2 aromatic carbocycles. The van der Waals surface area contributed by atoms with E-state index in [-0.39, 0.29) is 6.03 Å². The Bertz CT molecular complexity index is 847. The van der Waals surface area contributed by atoms with Gasteiger partial charge in [-0.2, -0.15) is 0 Å². The topological polar surface area (TPSA) is 32.3 Å². The number of carbonyl (C=O) groups is 1. The van der Waals surface area contributed by atoms with Gasteiger partial charge in [-0.15, -0.1) is 0 Å². The van der Waals surface area contributed by atoms with Crippen LogP contribution in [-0.4, -0.2) is 23.5 Å². The van der Waals surface area contributed by atoms with Crippen LogP contribution in [-0.2, 0) is 12.8 Å². The number of rotatable bonds is 5. The Morgan fingerprint density at radius 2 is 1.86 bits per heavy atom. The Balaban J connectivity index is 1.36. The molecule has 2 amide bonds. The van der Waals surface area contributed by atoms with E-state index in [9.17, 15) is 4.79 Å². The zero-order chi connectivity index (χ0) is 20.4. The van der Waals surface area contributed by atoms with Crippen LogP contribution in [0.1, 0.15) is 43.7 Å². The van der Waals surface area contributed by atoms with Gasteiger partial charge >= 0.3 is 6.03 Å². The van der Waals surface area contributed by atoms with Gasteiger partial charge in [0.15, 0.2) is 0 Å². The van der Waals surface area contributed by atoms with Gasteiger partial charge in [0.1, 0.15) is 0 Å². The Kier molecular flexibility index (Phi) is 6.36. The van der Waals surface area contributed by atoms with Crippen molar-refractivity contribution in [2.45, 2.75) is 51.5 Å². The minimum atomic E-state index is 0.0292. The molecular formula is C24H28Cl2N2O. The lowest BCUT2D eigenvalue weighted by Gasteiger charge is -2.33. The average Bonchev–Trinajstić information content (AvgIpc) is 3.03. The lowest BCUT2D eigenvalue weighted by molar-refractivity contribution is 0.166. The van der Waals surface area contributed by atoms with Gasteiger partial charge < -0.3 is 10.2 Å². The zero-order valence-corrected chi connectivity index (χ0v) is 18.3. The molecule has 0 spiro atoms. The second-order valence-corrected chi connectivity index (χ2v) is 9.17. The van der Waals surface area contributed by atoms with E-state index in [0.29, 0.717) is 17.9 Å². The number of hydrogen-bond donors (Lipinski definition) is 1. The Hall–Kier alpha value is -1.71. The number of urea groups is 1. The number of halogens is 2. The summed E-state index contributed by atoms with van der Waals surface area (Å²) in [4.78, 5) is 14.8. The number of aryl methyl sites for hydroxylation is 1. The van der Waals surface area contributed by atoms with E-state index in [0.717, 1.165) is 66.4 Å². The normalized spacial score (nSPS) is 23.3. The van der Waals surface area contributed by atoms with Gasteiger partial charge in [0, 0.05) is 28.3 Å². The smallest absolute Gasteiger partial charge is 0.322 e. The van der Waals surface area contributed by atoms with E-state index in [4.69, 9.17) is 23.2 Å². The number of anilines is 1. The molecule has 3 atom stereocenters. The summed E-state index contributed by atoms with van der Waals surface area (Å²) in [5.41, 5.74) is 3.11. The highest BCUT2D eigenvalue weighted by Crippen LogP contribution is 2.44. The first-order valence-electron chi connectivity index (χ1n) is 10.6. The molecule has 2 aliphatic rings. The second kappa shape index (κ2) is 8.97. The fourth-order valence-corrected chi connectivity index (χ4v) is 5.76. The highest BCUT2D eigenvalue weighted by molar-refractivity contribution is 6.36. The number of para-hydroxylation sites is 1. The third kappa shape index (κ3) is 4.57. The summed E-state index contributed by atoms with van der Waals surface area (Å²) < 4.78 is 0. The van der Waals surface area contributed by atoms with E-state index < -0.39 is 0 Å². The van der Waals surface area contributed by atoms with Crippen LogP contribution in [0.5, 0.6) is 0 Å². The predicted molar refractivity (Wildman–Crippen MR) is 121 cm³/mol. The molecule has 0 radical (unpaired) electrons. The van der Waals surface area contributed by atoms with Gasteiger partial charge in [-0.05, 0) is 85.8 Å². The first-order valence-corrected chi connectivity index (χ1v) is 11.4. The Labute approximate surface area is 183 Å². The summed E-state index contributed by atoms with van der Waals surface area (Å²) in [6.45, 7) is 2.96. The molecule has 1 heterocycles. The Morgan fingerprint density at radius 1 is 1.14 bits per heavy atom. The van der Waals surface area contributed by atoms with Gasteiger partial charge in [-0.1, -0.05) is 48.3 Å². The SMILES string of the molecule is CCc1cc(Cl)c(CCC2CC3CC2CCN3C(=O)Nc2ccccc2)c(Cl)c1. The maximum Gasteiger partial charge on any atom is 0.322 e.